The average Bonchev–Trinajstić information content (AvgIpc) is 2.94. The van der Waals surface area contributed by atoms with Crippen molar-refractivity contribution in [3.63, 3.8) is 0 Å². The van der Waals surface area contributed by atoms with Crippen molar-refractivity contribution in [3.8, 4) is 0 Å². The number of nitrogen functional groups attached to an aromatic ring is 1. The van der Waals surface area contributed by atoms with Crippen molar-refractivity contribution < 1.29 is 4.79 Å². The molecule has 1 aromatic carbocycles. The Labute approximate surface area is 107 Å². The zero-order chi connectivity index (χ0) is 12.7. The minimum absolute atomic E-state index is 0.234. The van der Waals surface area contributed by atoms with Crippen molar-refractivity contribution in [2.45, 2.75) is 6.04 Å². The second kappa shape index (κ2) is 4.18. The molecule has 0 saturated carbocycles. The first-order valence-corrected chi connectivity index (χ1v) is 6.68. The maximum absolute atomic E-state index is 12.3. The molecule has 0 aliphatic carbocycles. The molecule has 0 spiro atoms. The highest BCUT2D eigenvalue weighted by Crippen LogP contribution is 2.17. The van der Waals surface area contributed by atoms with Crippen LogP contribution in [-0.2, 0) is 0 Å². The second-order valence-corrected chi connectivity index (χ2v) is 5.18. The molecule has 2 heterocycles. The summed E-state index contributed by atoms with van der Waals surface area (Å²) in [5.41, 5.74) is 6.95. The monoisotopic (exact) mass is 264 g/mol. The van der Waals surface area contributed by atoms with Crippen molar-refractivity contribution >= 4 is 34.4 Å². The summed E-state index contributed by atoms with van der Waals surface area (Å²) in [5, 5.41) is 3.06. The molecule has 1 aliphatic heterocycles. The van der Waals surface area contributed by atoms with E-state index in [9.17, 15) is 9.59 Å². The second-order valence-electron chi connectivity index (χ2n) is 4.15. The van der Waals surface area contributed by atoms with Gasteiger partial charge in [0.25, 0.3) is 5.91 Å². The van der Waals surface area contributed by atoms with E-state index in [1.54, 1.807) is 30.0 Å². The van der Waals surface area contributed by atoms with E-state index in [1.165, 1.54) is 0 Å². The van der Waals surface area contributed by atoms with E-state index in [4.69, 9.17) is 5.73 Å². The Hall–Kier alpha value is -1.73. The zero-order valence-electron chi connectivity index (χ0n) is 9.47. The highest BCUT2D eigenvalue weighted by atomic mass is 32.2. The molecule has 0 amide bonds. The molecule has 0 radical (unpaired) electrons. The average molecular weight is 264 g/mol. The van der Waals surface area contributed by atoms with Gasteiger partial charge >= 0.3 is 5.69 Å². The van der Waals surface area contributed by atoms with E-state index in [0.29, 0.717) is 22.5 Å². The van der Waals surface area contributed by atoms with E-state index in [2.05, 4.69) is 10.3 Å². The molecule has 94 valence electrons. The number of carbonyl (C=O) groups is 1. The summed E-state index contributed by atoms with van der Waals surface area (Å²) in [4.78, 5) is 26.8. The number of imidazole rings is 1. The van der Waals surface area contributed by atoms with Crippen LogP contribution in [0.1, 0.15) is 4.79 Å². The predicted octanol–water partition coefficient (Wildman–Crippen LogP) is 0.214. The fourth-order valence-corrected chi connectivity index (χ4v) is 2.98. The van der Waals surface area contributed by atoms with Crippen molar-refractivity contribution in [3.05, 3.63) is 28.7 Å². The number of anilines is 1. The Kier molecular flexibility index (Phi) is 2.64. The number of nitrogens with zero attached hydrogens (tertiary/aromatic N) is 1. The number of nitrogens with two attached hydrogens (primary N) is 1. The maximum Gasteiger partial charge on any atom is 0.333 e. The number of H-pyrrole nitrogens is 1. The van der Waals surface area contributed by atoms with Crippen LogP contribution in [0.5, 0.6) is 0 Å². The number of thioether (sulfide) groups is 1. The number of rotatable bonds is 1. The van der Waals surface area contributed by atoms with Crippen LogP contribution in [-0.4, -0.2) is 33.1 Å². The molecule has 6 nitrogen and oxygen atoms in total. The Morgan fingerprint density at radius 3 is 3.06 bits per heavy atom. The summed E-state index contributed by atoms with van der Waals surface area (Å²) in [5.74, 6) is 1.18. The van der Waals surface area contributed by atoms with Gasteiger partial charge in [0.05, 0.1) is 17.1 Å². The summed E-state index contributed by atoms with van der Waals surface area (Å²) in [6, 6.07) is 4.71. The lowest BCUT2D eigenvalue weighted by atomic mass is 10.2. The molecule has 0 bridgehead atoms. The van der Waals surface area contributed by atoms with Crippen LogP contribution in [0.15, 0.2) is 23.0 Å². The van der Waals surface area contributed by atoms with Gasteiger partial charge in [-0.15, -0.1) is 11.8 Å². The topological polar surface area (TPSA) is 92.9 Å². The van der Waals surface area contributed by atoms with Gasteiger partial charge in [0.1, 0.15) is 0 Å². The minimum atomic E-state index is -0.417. The van der Waals surface area contributed by atoms with Crippen LogP contribution >= 0.6 is 11.8 Å². The van der Waals surface area contributed by atoms with Crippen molar-refractivity contribution in [2.24, 2.45) is 0 Å². The first kappa shape index (κ1) is 11.4. The Morgan fingerprint density at radius 2 is 2.33 bits per heavy atom. The van der Waals surface area contributed by atoms with E-state index in [1.807, 2.05) is 0 Å². The summed E-state index contributed by atoms with van der Waals surface area (Å²) in [6.07, 6.45) is 0. The summed E-state index contributed by atoms with van der Waals surface area (Å²) in [7, 11) is 0. The van der Waals surface area contributed by atoms with Crippen LogP contribution in [0.25, 0.3) is 11.0 Å². The van der Waals surface area contributed by atoms with Crippen LogP contribution in [0.4, 0.5) is 5.69 Å². The van der Waals surface area contributed by atoms with Crippen molar-refractivity contribution in [1.29, 1.82) is 0 Å². The van der Waals surface area contributed by atoms with Gasteiger partial charge in [-0.05, 0) is 18.2 Å². The van der Waals surface area contributed by atoms with Gasteiger partial charge in [0.2, 0.25) is 0 Å². The van der Waals surface area contributed by atoms with Gasteiger partial charge in [0.15, 0.2) is 0 Å². The van der Waals surface area contributed by atoms with Crippen LogP contribution in [0.2, 0.25) is 0 Å². The van der Waals surface area contributed by atoms with Gasteiger partial charge in [-0.3, -0.25) is 10.1 Å². The largest absolute Gasteiger partial charge is 0.399 e. The van der Waals surface area contributed by atoms with Gasteiger partial charge in [-0.1, -0.05) is 0 Å². The van der Waals surface area contributed by atoms with Gasteiger partial charge in [-0.25, -0.2) is 9.36 Å². The SMILES string of the molecule is Nc1ccc2[nH]c(=O)n(C(=O)C3CSCN3)c2c1. The molecular formula is C11H12N4O2S. The number of hydrogen-bond donors (Lipinski definition) is 3. The van der Waals surface area contributed by atoms with Crippen LogP contribution < -0.4 is 16.7 Å². The Balaban J connectivity index is 2.15. The molecule has 7 heteroatoms. The van der Waals surface area contributed by atoms with E-state index < -0.39 is 5.69 Å². The third-order valence-electron chi connectivity index (χ3n) is 2.94. The standard InChI is InChI=1S/C11H12N4O2S/c12-6-1-2-7-9(3-6)15(11(17)14-7)10(16)8-4-18-5-13-8/h1-3,8,13H,4-5,12H2,(H,14,17). The number of carbonyl (C=O) groups excluding carboxylic acids is 1. The maximum atomic E-state index is 12.3. The molecule has 4 N–H and O–H groups in total. The minimum Gasteiger partial charge on any atom is -0.399 e. The number of aromatic amines is 1. The Bertz CT molecular complexity index is 669. The lowest BCUT2D eigenvalue weighted by molar-refractivity contribution is 0.0878. The number of hydrogen-bond acceptors (Lipinski definition) is 5. The smallest absolute Gasteiger partial charge is 0.333 e. The van der Waals surface area contributed by atoms with E-state index >= 15 is 0 Å². The van der Waals surface area contributed by atoms with Crippen molar-refractivity contribution in [2.75, 3.05) is 17.4 Å². The summed E-state index contributed by atoms with van der Waals surface area (Å²) in [6.45, 7) is 0. The first-order valence-electron chi connectivity index (χ1n) is 5.52. The molecule has 3 rings (SSSR count). The lowest BCUT2D eigenvalue weighted by Crippen LogP contribution is -2.40. The highest BCUT2D eigenvalue weighted by Gasteiger charge is 2.26. The molecule has 1 atom stereocenters. The highest BCUT2D eigenvalue weighted by molar-refractivity contribution is 7.99. The predicted molar refractivity (Wildman–Crippen MR) is 71.8 cm³/mol. The van der Waals surface area contributed by atoms with Crippen LogP contribution in [0.3, 0.4) is 0 Å². The third kappa shape index (κ3) is 1.72. The molecule has 1 aliphatic rings. The van der Waals surface area contributed by atoms with Gasteiger partial charge in [-0.2, -0.15) is 0 Å². The molecule has 1 unspecified atom stereocenters. The quantitative estimate of drug-likeness (QED) is 0.640. The molecule has 2 aromatic rings. The van der Waals surface area contributed by atoms with Gasteiger partial charge in [0, 0.05) is 17.3 Å². The van der Waals surface area contributed by atoms with E-state index in [-0.39, 0.29) is 11.9 Å². The summed E-state index contributed by atoms with van der Waals surface area (Å²) < 4.78 is 1.16. The Morgan fingerprint density at radius 1 is 1.50 bits per heavy atom. The fourth-order valence-electron chi connectivity index (χ4n) is 2.05. The van der Waals surface area contributed by atoms with E-state index in [0.717, 1.165) is 10.4 Å². The first-order chi connectivity index (χ1) is 8.66. The number of fused-ring (bicyclic) bond motifs is 1. The van der Waals surface area contributed by atoms with Crippen molar-refractivity contribution in [1.82, 2.24) is 14.9 Å². The number of nitrogens with one attached hydrogen (secondary N) is 2. The normalized spacial score (nSPS) is 19.4. The molecule has 18 heavy (non-hydrogen) atoms. The fraction of sp³-hybridized carbons (Fsp3) is 0.273. The molecule has 1 aromatic heterocycles. The molecular weight excluding hydrogens is 252 g/mol. The summed E-state index contributed by atoms with van der Waals surface area (Å²) >= 11 is 1.64. The number of aromatic nitrogens is 2. The number of benzene rings is 1. The lowest BCUT2D eigenvalue weighted by Gasteiger charge is -2.08. The zero-order valence-corrected chi connectivity index (χ0v) is 10.3. The van der Waals surface area contributed by atoms with Crippen LogP contribution in [0, 0.1) is 0 Å². The molecule has 1 fully saturated rings. The third-order valence-corrected chi connectivity index (χ3v) is 3.88. The van der Waals surface area contributed by atoms with Gasteiger partial charge < -0.3 is 10.7 Å². The molecule has 1 saturated heterocycles.